The molecule has 6 nitrogen and oxygen atoms in total. The molecule has 1 aliphatic heterocycles. The topological polar surface area (TPSA) is 67.9 Å². The largest absolute Gasteiger partial charge is 0.493 e. The highest BCUT2D eigenvalue weighted by atomic mass is 16.5. The number of carbonyl (C=O) groups is 2. The van der Waals surface area contributed by atoms with Gasteiger partial charge in [-0.1, -0.05) is 42.0 Å². The number of hydrogen-bond donors (Lipinski definition) is 1. The summed E-state index contributed by atoms with van der Waals surface area (Å²) >= 11 is 0. The van der Waals surface area contributed by atoms with Crippen LogP contribution in [0.5, 0.6) is 11.5 Å². The fourth-order valence-corrected chi connectivity index (χ4v) is 3.89. The highest BCUT2D eigenvalue weighted by Gasteiger charge is 2.41. The van der Waals surface area contributed by atoms with Gasteiger partial charge in [-0.3, -0.25) is 9.59 Å². The van der Waals surface area contributed by atoms with Gasteiger partial charge in [0.15, 0.2) is 11.5 Å². The lowest BCUT2D eigenvalue weighted by Gasteiger charge is -2.19. The molecule has 0 radical (unpaired) electrons. The average Bonchev–Trinajstić information content (AvgIpc) is 3.05. The van der Waals surface area contributed by atoms with E-state index in [0.29, 0.717) is 34.0 Å². The number of imide groups is 1. The molecule has 3 aromatic rings. The van der Waals surface area contributed by atoms with Crippen LogP contribution in [0.4, 0.5) is 11.4 Å². The molecule has 4 rings (SSSR count). The molecule has 6 heteroatoms. The van der Waals surface area contributed by atoms with Crippen molar-refractivity contribution in [2.75, 3.05) is 24.4 Å². The van der Waals surface area contributed by atoms with E-state index in [1.807, 2.05) is 57.2 Å². The van der Waals surface area contributed by atoms with Crippen molar-refractivity contribution in [2.45, 2.75) is 20.8 Å². The lowest BCUT2D eigenvalue weighted by Crippen LogP contribution is -2.33. The first-order chi connectivity index (χ1) is 15.8. The second-order valence-electron chi connectivity index (χ2n) is 7.98. The second kappa shape index (κ2) is 8.82. The van der Waals surface area contributed by atoms with E-state index in [2.05, 4.69) is 5.32 Å². The zero-order valence-corrected chi connectivity index (χ0v) is 19.4. The Balaban J connectivity index is 1.84. The Hall–Kier alpha value is -4.06. The minimum Gasteiger partial charge on any atom is -0.493 e. The smallest absolute Gasteiger partial charge is 0.282 e. The molecular formula is C27H26N2O4. The lowest BCUT2D eigenvalue weighted by atomic mass is 10.0. The molecule has 0 unspecified atom stereocenters. The third kappa shape index (κ3) is 3.96. The summed E-state index contributed by atoms with van der Waals surface area (Å²) in [6, 6.07) is 18.4. The van der Waals surface area contributed by atoms with Crippen LogP contribution in [-0.2, 0) is 9.59 Å². The molecule has 33 heavy (non-hydrogen) atoms. The van der Waals surface area contributed by atoms with Crippen LogP contribution in [0.25, 0.3) is 5.57 Å². The molecule has 0 saturated carbocycles. The van der Waals surface area contributed by atoms with Gasteiger partial charge >= 0.3 is 0 Å². The van der Waals surface area contributed by atoms with Crippen LogP contribution in [-0.4, -0.2) is 26.0 Å². The molecule has 0 saturated heterocycles. The molecule has 0 aliphatic carbocycles. The van der Waals surface area contributed by atoms with Gasteiger partial charge in [0, 0.05) is 11.8 Å². The van der Waals surface area contributed by atoms with Gasteiger partial charge in [0.2, 0.25) is 0 Å². The summed E-state index contributed by atoms with van der Waals surface area (Å²) in [4.78, 5) is 28.5. The van der Waals surface area contributed by atoms with Gasteiger partial charge < -0.3 is 14.8 Å². The molecular weight excluding hydrogens is 416 g/mol. The number of nitrogens with one attached hydrogen (secondary N) is 1. The maximum absolute atomic E-state index is 13.7. The van der Waals surface area contributed by atoms with Crippen molar-refractivity contribution < 1.29 is 19.1 Å². The zero-order chi connectivity index (χ0) is 23.7. The Morgan fingerprint density at radius 3 is 2.15 bits per heavy atom. The molecule has 0 bridgehead atoms. The van der Waals surface area contributed by atoms with Crippen LogP contribution in [0, 0.1) is 20.8 Å². The first kappa shape index (κ1) is 22.1. The highest BCUT2D eigenvalue weighted by Crippen LogP contribution is 2.37. The number of amides is 2. The van der Waals surface area contributed by atoms with Crippen molar-refractivity contribution >= 4 is 28.8 Å². The van der Waals surface area contributed by atoms with Crippen LogP contribution in [0.3, 0.4) is 0 Å². The molecule has 0 spiro atoms. The van der Waals surface area contributed by atoms with Crippen molar-refractivity contribution in [1.29, 1.82) is 0 Å². The molecule has 1 aliphatic rings. The maximum Gasteiger partial charge on any atom is 0.282 e. The number of nitrogens with zero attached hydrogens (tertiary/aromatic N) is 1. The Morgan fingerprint density at radius 1 is 0.788 bits per heavy atom. The van der Waals surface area contributed by atoms with Crippen LogP contribution >= 0.6 is 0 Å². The first-order valence-corrected chi connectivity index (χ1v) is 10.6. The predicted molar refractivity (Wildman–Crippen MR) is 130 cm³/mol. The molecule has 1 heterocycles. The number of rotatable bonds is 6. The third-order valence-corrected chi connectivity index (χ3v) is 5.89. The minimum atomic E-state index is -0.404. The maximum atomic E-state index is 13.7. The number of ether oxygens (including phenoxy) is 2. The van der Waals surface area contributed by atoms with E-state index >= 15 is 0 Å². The van der Waals surface area contributed by atoms with Gasteiger partial charge in [0.25, 0.3) is 11.8 Å². The molecule has 168 valence electrons. The molecule has 0 aromatic heterocycles. The summed E-state index contributed by atoms with van der Waals surface area (Å²) in [7, 11) is 3.11. The van der Waals surface area contributed by atoms with Crippen LogP contribution in [0.1, 0.15) is 22.3 Å². The Bertz CT molecular complexity index is 1280. The number of carbonyl (C=O) groups excluding carboxylic acids is 2. The van der Waals surface area contributed by atoms with Crippen LogP contribution in [0.15, 0.2) is 66.4 Å². The van der Waals surface area contributed by atoms with E-state index in [9.17, 15) is 9.59 Å². The number of hydrogen-bond acceptors (Lipinski definition) is 5. The van der Waals surface area contributed by atoms with Crippen molar-refractivity contribution in [1.82, 2.24) is 0 Å². The SMILES string of the molecule is COc1ccc(NC2=C(c3ccc(C)cc3)C(=O)N(c3cccc(C)c3C)C2=O)cc1OC. The Morgan fingerprint density at radius 2 is 1.48 bits per heavy atom. The predicted octanol–water partition coefficient (Wildman–Crippen LogP) is 5.03. The third-order valence-electron chi connectivity index (χ3n) is 5.89. The second-order valence-corrected chi connectivity index (χ2v) is 7.98. The number of benzene rings is 3. The van der Waals surface area contributed by atoms with Gasteiger partial charge in [-0.2, -0.15) is 0 Å². The van der Waals surface area contributed by atoms with Crippen molar-refractivity contribution in [3.63, 3.8) is 0 Å². The zero-order valence-electron chi connectivity index (χ0n) is 19.4. The number of aryl methyl sites for hydroxylation is 2. The van der Waals surface area contributed by atoms with E-state index in [1.165, 1.54) is 4.90 Å². The van der Waals surface area contributed by atoms with E-state index in [0.717, 1.165) is 16.7 Å². The van der Waals surface area contributed by atoms with Crippen molar-refractivity contribution in [3.8, 4) is 11.5 Å². The molecule has 3 aromatic carbocycles. The van der Waals surface area contributed by atoms with Gasteiger partial charge in [-0.15, -0.1) is 0 Å². The number of methoxy groups -OCH3 is 2. The lowest BCUT2D eigenvalue weighted by molar-refractivity contribution is -0.120. The minimum absolute atomic E-state index is 0.219. The van der Waals surface area contributed by atoms with Crippen molar-refractivity contribution in [2.24, 2.45) is 0 Å². The van der Waals surface area contributed by atoms with E-state index in [-0.39, 0.29) is 11.6 Å². The van der Waals surface area contributed by atoms with Crippen molar-refractivity contribution in [3.05, 3.63) is 88.6 Å². The summed E-state index contributed by atoms with van der Waals surface area (Å²) in [6.45, 7) is 5.85. The standard InChI is InChI=1S/C27H26N2O4/c1-16-9-11-19(12-10-16)24-25(28-20-13-14-22(32-4)23(15-20)33-5)27(31)29(26(24)30)21-8-6-7-17(2)18(21)3/h6-15,28H,1-5H3. The number of anilines is 2. The fraction of sp³-hybridized carbons (Fsp3) is 0.185. The quantitative estimate of drug-likeness (QED) is 0.543. The monoisotopic (exact) mass is 442 g/mol. The Kier molecular flexibility index (Phi) is 5.92. The normalized spacial score (nSPS) is 13.5. The van der Waals surface area contributed by atoms with Crippen LogP contribution in [0.2, 0.25) is 0 Å². The summed E-state index contributed by atoms with van der Waals surface area (Å²) in [6.07, 6.45) is 0. The van der Waals surface area contributed by atoms with Gasteiger partial charge in [-0.05, 0) is 55.7 Å². The van der Waals surface area contributed by atoms with Gasteiger partial charge in [0.1, 0.15) is 5.70 Å². The molecule has 0 fully saturated rings. The Labute approximate surface area is 193 Å². The van der Waals surface area contributed by atoms with E-state index in [4.69, 9.17) is 9.47 Å². The molecule has 0 atom stereocenters. The van der Waals surface area contributed by atoms with E-state index < -0.39 is 5.91 Å². The van der Waals surface area contributed by atoms with Gasteiger partial charge in [-0.25, -0.2) is 4.90 Å². The molecule has 1 N–H and O–H groups in total. The fourth-order valence-electron chi connectivity index (χ4n) is 3.89. The van der Waals surface area contributed by atoms with E-state index in [1.54, 1.807) is 38.5 Å². The first-order valence-electron chi connectivity index (χ1n) is 10.6. The highest BCUT2D eigenvalue weighted by molar-refractivity contribution is 6.46. The average molecular weight is 443 g/mol. The molecule has 2 amide bonds. The summed E-state index contributed by atoms with van der Waals surface area (Å²) in [5.74, 6) is 0.323. The van der Waals surface area contributed by atoms with Gasteiger partial charge in [0.05, 0.1) is 25.5 Å². The summed E-state index contributed by atoms with van der Waals surface area (Å²) in [5.41, 5.74) is 5.37. The summed E-state index contributed by atoms with van der Waals surface area (Å²) < 4.78 is 10.7. The summed E-state index contributed by atoms with van der Waals surface area (Å²) in [5, 5.41) is 3.18. The van der Waals surface area contributed by atoms with Crippen LogP contribution < -0.4 is 19.7 Å².